The maximum absolute atomic E-state index is 5.33. The smallest absolute Gasteiger partial charge is 0.197 e. The fraction of sp³-hybridized carbons (Fsp3) is 0.192. The van der Waals surface area contributed by atoms with Gasteiger partial charge in [-0.3, -0.25) is 0 Å². The Balaban J connectivity index is 1.80. The maximum atomic E-state index is 5.33. The third kappa shape index (κ3) is 3.83. The van der Waals surface area contributed by atoms with Gasteiger partial charge in [0.05, 0.1) is 5.69 Å². The molecule has 0 amide bonds. The van der Waals surface area contributed by atoms with Crippen molar-refractivity contribution in [2.45, 2.75) is 12.8 Å². The third-order valence-electron chi connectivity index (χ3n) is 5.51. The Kier molecular flexibility index (Phi) is 5.79. The van der Waals surface area contributed by atoms with Gasteiger partial charge < -0.3 is 9.30 Å². The van der Waals surface area contributed by atoms with Crippen molar-refractivity contribution in [3.8, 4) is 33.2 Å². The van der Waals surface area contributed by atoms with Crippen LogP contribution in [0.5, 0.6) is 0 Å². The first kappa shape index (κ1) is 20.5. The first-order chi connectivity index (χ1) is 15.8. The Morgan fingerprint density at radius 3 is 2.31 bits per heavy atom. The lowest BCUT2D eigenvalue weighted by molar-refractivity contribution is 0.195. The van der Waals surface area contributed by atoms with Gasteiger partial charge in [-0.25, -0.2) is 15.0 Å². The van der Waals surface area contributed by atoms with E-state index in [-0.39, 0.29) is 0 Å². The van der Waals surface area contributed by atoms with E-state index in [1.165, 1.54) is 21.6 Å². The van der Waals surface area contributed by atoms with Gasteiger partial charge >= 0.3 is 0 Å². The molecule has 0 N–H and O–H groups in total. The molecule has 0 aliphatic rings. The minimum atomic E-state index is 0.665. The van der Waals surface area contributed by atoms with E-state index in [9.17, 15) is 0 Å². The van der Waals surface area contributed by atoms with Gasteiger partial charge in [0.2, 0.25) is 0 Å². The predicted octanol–water partition coefficient (Wildman–Crippen LogP) is 6.00. The second-order valence-electron chi connectivity index (χ2n) is 7.67. The summed E-state index contributed by atoms with van der Waals surface area (Å²) < 4.78 is 7.29. The van der Waals surface area contributed by atoms with Crippen LogP contribution in [0.25, 0.3) is 43.4 Å². The molecule has 0 aliphatic carbocycles. The van der Waals surface area contributed by atoms with Crippen molar-refractivity contribution < 1.29 is 4.74 Å². The Labute approximate surface area is 191 Å². The van der Waals surface area contributed by atoms with E-state index < -0.39 is 0 Å². The summed E-state index contributed by atoms with van der Waals surface area (Å²) in [6.45, 7) is 0.694. The van der Waals surface area contributed by atoms with Crippen LogP contribution in [0.3, 0.4) is 0 Å². The molecular weight excluding hydrogens is 416 g/mol. The Bertz CT molecular complexity index is 1340. The average Bonchev–Trinajstić information content (AvgIpc) is 3.44. The summed E-state index contributed by atoms with van der Waals surface area (Å²) in [6.07, 6.45) is 5.42. The topological polar surface area (TPSA) is 52.8 Å². The zero-order chi connectivity index (χ0) is 21.9. The van der Waals surface area contributed by atoms with Crippen molar-refractivity contribution >= 4 is 21.6 Å². The molecule has 0 spiro atoms. The lowest BCUT2D eigenvalue weighted by Crippen LogP contribution is -2.03. The predicted molar refractivity (Wildman–Crippen MR) is 131 cm³/mol. The minimum Gasteiger partial charge on any atom is -0.385 e. The van der Waals surface area contributed by atoms with Gasteiger partial charge in [-0.2, -0.15) is 0 Å². The highest BCUT2D eigenvalue weighted by atomic mass is 32.1. The van der Waals surface area contributed by atoms with Gasteiger partial charge in [-0.05, 0) is 24.0 Å². The number of aromatic nitrogens is 4. The average molecular weight is 441 g/mol. The number of ether oxygens (including phenoxy) is 1. The molecule has 5 rings (SSSR count). The highest BCUT2D eigenvalue weighted by Crippen LogP contribution is 2.45. The summed E-state index contributed by atoms with van der Waals surface area (Å²) in [5.74, 6) is 1.44. The summed E-state index contributed by atoms with van der Waals surface area (Å²) in [5, 5.41) is 1.13. The number of hydrogen-bond acceptors (Lipinski definition) is 5. The first-order valence-corrected chi connectivity index (χ1v) is 11.5. The molecule has 32 heavy (non-hydrogen) atoms. The lowest BCUT2D eigenvalue weighted by atomic mass is 9.97. The number of aryl methyl sites for hydroxylation is 2. The normalized spacial score (nSPS) is 11.3. The van der Waals surface area contributed by atoms with Crippen molar-refractivity contribution in [3.63, 3.8) is 0 Å². The molecule has 0 atom stereocenters. The highest BCUT2D eigenvalue weighted by Gasteiger charge is 2.22. The number of methoxy groups -OCH3 is 1. The molecule has 3 heterocycles. The molecule has 160 valence electrons. The molecule has 0 saturated heterocycles. The van der Waals surface area contributed by atoms with Crippen molar-refractivity contribution in [1.29, 1.82) is 0 Å². The molecular formula is C26H24N4OS. The third-order valence-corrected chi connectivity index (χ3v) is 6.64. The SMILES string of the molecule is COCCCc1nc(-c2nccn2C)nc2sc(-c3ccccc3)c(-c3ccccc3)c12. The van der Waals surface area contributed by atoms with Crippen LogP contribution in [-0.2, 0) is 18.2 Å². The Hall–Kier alpha value is -3.35. The molecule has 6 heteroatoms. The molecule has 0 unspecified atom stereocenters. The number of nitrogens with zero attached hydrogens (tertiary/aromatic N) is 4. The van der Waals surface area contributed by atoms with Crippen molar-refractivity contribution in [3.05, 3.63) is 78.8 Å². The van der Waals surface area contributed by atoms with Crippen molar-refractivity contribution in [1.82, 2.24) is 19.5 Å². The minimum absolute atomic E-state index is 0.665. The summed E-state index contributed by atoms with van der Waals surface area (Å²) in [7, 11) is 3.71. The van der Waals surface area contributed by atoms with E-state index in [1.807, 2.05) is 23.9 Å². The number of imidazole rings is 1. The largest absolute Gasteiger partial charge is 0.385 e. The number of thiophene rings is 1. The molecule has 2 aromatic carbocycles. The van der Waals surface area contributed by atoms with Gasteiger partial charge in [0.25, 0.3) is 0 Å². The zero-order valence-corrected chi connectivity index (χ0v) is 19.0. The standard InChI is InChI=1S/C26H24N4OS/c1-30-16-15-27-25(30)24-28-20(14-9-17-31-2)22-21(18-10-5-3-6-11-18)23(32-26(22)29-24)19-12-7-4-8-13-19/h3-8,10-13,15-16H,9,14,17H2,1-2H3. The van der Waals surface area contributed by atoms with Gasteiger partial charge in [-0.1, -0.05) is 60.7 Å². The number of hydrogen-bond donors (Lipinski definition) is 0. The lowest BCUT2D eigenvalue weighted by Gasteiger charge is -2.10. The zero-order valence-electron chi connectivity index (χ0n) is 18.2. The number of benzene rings is 2. The fourth-order valence-corrected chi connectivity index (χ4v) is 5.21. The van der Waals surface area contributed by atoms with Crippen LogP contribution in [-0.4, -0.2) is 33.2 Å². The molecule has 3 aromatic heterocycles. The summed E-state index contributed by atoms with van der Waals surface area (Å²) in [4.78, 5) is 16.7. The van der Waals surface area contributed by atoms with E-state index in [0.717, 1.165) is 34.6 Å². The molecule has 5 nitrogen and oxygen atoms in total. The van der Waals surface area contributed by atoms with Crippen LogP contribution in [0.15, 0.2) is 73.1 Å². The fourth-order valence-electron chi connectivity index (χ4n) is 3.99. The van der Waals surface area contributed by atoms with E-state index in [2.05, 4.69) is 59.6 Å². The Morgan fingerprint density at radius 1 is 0.938 bits per heavy atom. The van der Waals surface area contributed by atoms with Gasteiger partial charge in [0, 0.05) is 49.0 Å². The number of fused-ring (bicyclic) bond motifs is 1. The molecule has 0 bridgehead atoms. The quantitative estimate of drug-likeness (QED) is 0.291. The Morgan fingerprint density at radius 2 is 1.66 bits per heavy atom. The number of rotatable bonds is 7. The van der Waals surface area contributed by atoms with Crippen LogP contribution in [0.4, 0.5) is 0 Å². The second kappa shape index (κ2) is 9.02. The van der Waals surface area contributed by atoms with E-state index >= 15 is 0 Å². The van der Waals surface area contributed by atoms with Crippen LogP contribution in [0.2, 0.25) is 0 Å². The second-order valence-corrected chi connectivity index (χ2v) is 8.67. The first-order valence-electron chi connectivity index (χ1n) is 10.7. The monoisotopic (exact) mass is 440 g/mol. The molecule has 0 aliphatic heterocycles. The summed E-state index contributed by atoms with van der Waals surface area (Å²) >= 11 is 1.72. The van der Waals surface area contributed by atoms with Crippen molar-refractivity contribution in [2.75, 3.05) is 13.7 Å². The van der Waals surface area contributed by atoms with Gasteiger partial charge in [-0.15, -0.1) is 11.3 Å². The van der Waals surface area contributed by atoms with E-state index in [1.54, 1.807) is 24.6 Å². The molecule has 5 aromatic rings. The summed E-state index contributed by atoms with van der Waals surface area (Å²) in [5.41, 5.74) is 4.62. The summed E-state index contributed by atoms with van der Waals surface area (Å²) in [6, 6.07) is 21.1. The van der Waals surface area contributed by atoms with Crippen LogP contribution in [0.1, 0.15) is 12.1 Å². The van der Waals surface area contributed by atoms with Crippen molar-refractivity contribution in [2.24, 2.45) is 7.05 Å². The van der Waals surface area contributed by atoms with Gasteiger partial charge in [0.15, 0.2) is 11.6 Å². The molecule has 0 fully saturated rings. The van der Waals surface area contributed by atoms with E-state index in [4.69, 9.17) is 14.7 Å². The van der Waals surface area contributed by atoms with Crippen LogP contribution in [0, 0.1) is 0 Å². The highest BCUT2D eigenvalue weighted by molar-refractivity contribution is 7.22. The molecule has 0 saturated carbocycles. The van der Waals surface area contributed by atoms with Crippen LogP contribution < -0.4 is 0 Å². The van der Waals surface area contributed by atoms with E-state index in [0.29, 0.717) is 12.4 Å². The molecule has 0 radical (unpaired) electrons. The van der Waals surface area contributed by atoms with Crippen LogP contribution >= 0.6 is 11.3 Å². The van der Waals surface area contributed by atoms with Gasteiger partial charge in [0.1, 0.15) is 4.83 Å². The maximum Gasteiger partial charge on any atom is 0.197 e.